The van der Waals surface area contributed by atoms with E-state index in [-0.39, 0.29) is 5.91 Å². The molecule has 23 heavy (non-hydrogen) atoms. The molecule has 0 bridgehead atoms. The first kappa shape index (κ1) is 16.5. The number of carbonyl (C=O) groups is 1. The Morgan fingerprint density at radius 2 is 2.13 bits per heavy atom. The zero-order valence-corrected chi connectivity index (χ0v) is 14.3. The highest BCUT2D eigenvalue weighted by atomic mass is 35.5. The molecule has 0 saturated carbocycles. The predicted molar refractivity (Wildman–Crippen MR) is 89.5 cm³/mol. The molecular weight excluding hydrogens is 339 g/mol. The van der Waals surface area contributed by atoms with Crippen molar-refractivity contribution in [1.82, 2.24) is 19.6 Å². The lowest BCUT2D eigenvalue weighted by Crippen LogP contribution is -2.41. The predicted octanol–water partition coefficient (Wildman–Crippen LogP) is 2.01. The maximum Gasteiger partial charge on any atom is 0.270 e. The molecule has 1 fully saturated rings. The number of rotatable bonds is 4. The fraction of sp³-hybridized carbons (Fsp3) is 0.467. The van der Waals surface area contributed by atoms with Gasteiger partial charge in [0.2, 0.25) is 0 Å². The number of morpholine rings is 1. The Morgan fingerprint density at radius 1 is 1.39 bits per heavy atom. The first-order valence-corrected chi connectivity index (χ1v) is 8.24. The van der Waals surface area contributed by atoms with Crippen molar-refractivity contribution in [1.29, 1.82) is 0 Å². The molecule has 8 heteroatoms. The molecule has 1 saturated heterocycles. The van der Waals surface area contributed by atoms with Crippen molar-refractivity contribution in [2.45, 2.75) is 6.92 Å². The van der Waals surface area contributed by atoms with Gasteiger partial charge in [0.15, 0.2) is 5.65 Å². The van der Waals surface area contributed by atoms with Crippen LogP contribution in [-0.2, 0) is 4.74 Å². The van der Waals surface area contributed by atoms with Crippen LogP contribution < -0.4 is 5.32 Å². The van der Waals surface area contributed by atoms with Crippen LogP contribution in [0.25, 0.3) is 5.65 Å². The quantitative estimate of drug-likeness (QED) is 0.910. The number of amides is 1. The molecule has 2 aromatic rings. The van der Waals surface area contributed by atoms with Gasteiger partial charge in [-0.05, 0) is 13.0 Å². The summed E-state index contributed by atoms with van der Waals surface area (Å²) in [5.74, 6) is -0.179. The van der Waals surface area contributed by atoms with E-state index in [9.17, 15) is 4.79 Å². The van der Waals surface area contributed by atoms with Gasteiger partial charge in [-0.1, -0.05) is 23.2 Å². The number of pyridine rings is 1. The number of ether oxygens (including phenoxy) is 1. The second-order valence-electron chi connectivity index (χ2n) is 5.46. The van der Waals surface area contributed by atoms with E-state index in [4.69, 9.17) is 27.9 Å². The molecule has 1 N–H and O–H groups in total. The van der Waals surface area contributed by atoms with Crippen LogP contribution in [0, 0.1) is 6.92 Å². The van der Waals surface area contributed by atoms with Crippen LogP contribution in [0.3, 0.4) is 0 Å². The van der Waals surface area contributed by atoms with Crippen LogP contribution in [0.15, 0.2) is 12.3 Å². The van der Waals surface area contributed by atoms with Crippen molar-refractivity contribution in [3.63, 3.8) is 0 Å². The summed E-state index contributed by atoms with van der Waals surface area (Å²) >= 11 is 12.2. The Hall–Kier alpha value is -1.34. The molecule has 1 amide bonds. The van der Waals surface area contributed by atoms with E-state index in [0.717, 1.165) is 32.8 Å². The van der Waals surface area contributed by atoms with Crippen LogP contribution in [0.1, 0.15) is 16.2 Å². The lowest BCUT2D eigenvalue weighted by molar-refractivity contribution is 0.0383. The average Bonchev–Trinajstić information content (AvgIpc) is 2.85. The van der Waals surface area contributed by atoms with Crippen LogP contribution in [0.5, 0.6) is 0 Å². The number of carbonyl (C=O) groups excluding carboxylic acids is 1. The van der Waals surface area contributed by atoms with Crippen LogP contribution >= 0.6 is 23.2 Å². The number of aromatic nitrogens is 2. The number of hydrogen-bond donors (Lipinski definition) is 1. The molecule has 0 aromatic carbocycles. The fourth-order valence-electron chi connectivity index (χ4n) is 2.70. The molecular formula is C15H18Cl2N4O2. The summed E-state index contributed by atoms with van der Waals surface area (Å²) in [4.78, 5) is 19.1. The van der Waals surface area contributed by atoms with Crippen LogP contribution in [-0.4, -0.2) is 59.6 Å². The van der Waals surface area contributed by atoms with E-state index in [1.165, 1.54) is 0 Å². The molecule has 0 aliphatic carbocycles. The summed E-state index contributed by atoms with van der Waals surface area (Å²) < 4.78 is 6.95. The third kappa shape index (κ3) is 3.61. The summed E-state index contributed by atoms with van der Waals surface area (Å²) in [6, 6.07) is 1.62. The largest absolute Gasteiger partial charge is 0.379 e. The normalized spacial score (nSPS) is 16.0. The van der Waals surface area contributed by atoms with Crippen molar-refractivity contribution in [3.05, 3.63) is 33.7 Å². The summed E-state index contributed by atoms with van der Waals surface area (Å²) in [6.07, 6.45) is 1.65. The van der Waals surface area contributed by atoms with Crippen molar-refractivity contribution in [2.24, 2.45) is 0 Å². The Kier molecular flexibility index (Phi) is 5.06. The first-order chi connectivity index (χ1) is 11.1. The molecule has 1 aliphatic heterocycles. The number of hydrogen-bond acceptors (Lipinski definition) is 4. The maximum absolute atomic E-state index is 12.5. The van der Waals surface area contributed by atoms with E-state index >= 15 is 0 Å². The molecule has 0 atom stereocenters. The van der Waals surface area contributed by atoms with Gasteiger partial charge in [0.25, 0.3) is 5.91 Å². The maximum atomic E-state index is 12.5. The summed E-state index contributed by atoms with van der Waals surface area (Å²) in [5.41, 5.74) is 1.62. The van der Waals surface area contributed by atoms with Crippen molar-refractivity contribution in [2.75, 3.05) is 39.4 Å². The molecule has 0 unspecified atom stereocenters. The van der Waals surface area contributed by atoms with Gasteiger partial charge >= 0.3 is 0 Å². The third-order valence-electron chi connectivity index (χ3n) is 3.85. The topological polar surface area (TPSA) is 58.9 Å². The minimum atomic E-state index is -0.179. The average molecular weight is 357 g/mol. The monoisotopic (exact) mass is 356 g/mol. The van der Waals surface area contributed by atoms with Gasteiger partial charge in [-0.15, -0.1) is 0 Å². The standard InChI is InChI=1S/C15H18Cl2N4O2/c1-10-13(21-9-11(16)8-12(17)14(21)19-10)15(22)18-2-3-20-4-6-23-7-5-20/h8-9H,2-7H2,1H3,(H,18,22). The van der Waals surface area contributed by atoms with Crippen molar-refractivity contribution >= 4 is 34.8 Å². The zero-order valence-electron chi connectivity index (χ0n) is 12.8. The number of imidazole rings is 1. The molecule has 0 spiro atoms. The lowest BCUT2D eigenvalue weighted by Gasteiger charge is -2.26. The number of halogens is 2. The molecule has 3 rings (SSSR count). The van der Waals surface area contributed by atoms with Gasteiger partial charge in [-0.25, -0.2) is 4.98 Å². The van der Waals surface area contributed by atoms with E-state index in [0.29, 0.717) is 33.6 Å². The molecule has 3 heterocycles. The van der Waals surface area contributed by atoms with Crippen LogP contribution in [0.2, 0.25) is 10.0 Å². The first-order valence-electron chi connectivity index (χ1n) is 7.48. The van der Waals surface area contributed by atoms with E-state index in [1.807, 2.05) is 0 Å². The van der Waals surface area contributed by atoms with Gasteiger partial charge in [-0.2, -0.15) is 0 Å². The number of fused-ring (bicyclic) bond motifs is 1. The smallest absolute Gasteiger partial charge is 0.270 e. The Balaban J connectivity index is 1.71. The van der Waals surface area contributed by atoms with Gasteiger partial charge in [0, 0.05) is 32.4 Å². The van der Waals surface area contributed by atoms with E-state index < -0.39 is 0 Å². The molecule has 6 nitrogen and oxygen atoms in total. The molecule has 0 radical (unpaired) electrons. The number of nitrogens with one attached hydrogen (secondary N) is 1. The Bertz CT molecular complexity index is 726. The summed E-state index contributed by atoms with van der Waals surface area (Å²) in [7, 11) is 0. The number of aryl methyl sites for hydroxylation is 1. The van der Waals surface area contributed by atoms with Crippen LogP contribution in [0.4, 0.5) is 0 Å². The molecule has 124 valence electrons. The Labute approximate surface area is 144 Å². The van der Waals surface area contributed by atoms with Gasteiger partial charge in [0.1, 0.15) is 5.69 Å². The highest BCUT2D eigenvalue weighted by molar-refractivity contribution is 6.36. The van der Waals surface area contributed by atoms with Crippen molar-refractivity contribution < 1.29 is 9.53 Å². The minimum Gasteiger partial charge on any atom is -0.379 e. The molecule has 1 aliphatic rings. The van der Waals surface area contributed by atoms with Gasteiger partial charge in [0.05, 0.1) is 29.0 Å². The van der Waals surface area contributed by atoms with E-state index in [2.05, 4.69) is 15.2 Å². The minimum absolute atomic E-state index is 0.179. The fourth-order valence-corrected chi connectivity index (χ4v) is 3.21. The Morgan fingerprint density at radius 3 is 2.87 bits per heavy atom. The second kappa shape index (κ2) is 7.05. The van der Waals surface area contributed by atoms with Gasteiger partial charge < -0.3 is 10.1 Å². The highest BCUT2D eigenvalue weighted by Gasteiger charge is 2.19. The van der Waals surface area contributed by atoms with Crippen molar-refractivity contribution in [3.8, 4) is 0 Å². The zero-order chi connectivity index (χ0) is 16.4. The lowest BCUT2D eigenvalue weighted by atomic mass is 10.3. The van der Waals surface area contributed by atoms with E-state index in [1.54, 1.807) is 23.6 Å². The summed E-state index contributed by atoms with van der Waals surface area (Å²) in [5, 5.41) is 3.82. The second-order valence-corrected chi connectivity index (χ2v) is 6.30. The SMILES string of the molecule is Cc1nc2c(Cl)cc(Cl)cn2c1C(=O)NCCN1CCOCC1. The van der Waals surface area contributed by atoms with Gasteiger partial charge in [-0.3, -0.25) is 14.1 Å². The number of nitrogens with zero attached hydrogens (tertiary/aromatic N) is 3. The third-order valence-corrected chi connectivity index (χ3v) is 4.33. The highest BCUT2D eigenvalue weighted by Crippen LogP contribution is 2.24. The molecule has 2 aromatic heterocycles. The summed E-state index contributed by atoms with van der Waals surface area (Å²) in [6.45, 7) is 6.44.